The minimum absolute atomic E-state index is 0.203. The summed E-state index contributed by atoms with van der Waals surface area (Å²) in [5, 5.41) is 15.1. The molecular formula is C19H15F3N2O3. The molecular weight excluding hydrogens is 361 g/mol. The van der Waals surface area contributed by atoms with Crippen molar-refractivity contribution in [3.8, 4) is 0 Å². The minimum atomic E-state index is -5.05. The van der Waals surface area contributed by atoms with Gasteiger partial charge in [0.25, 0.3) is 0 Å². The van der Waals surface area contributed by atoms with Crippen LogP contribution in [0.1, 0.15) is 16.7 Å². The number of benzene rings is 2. The van der Waals surface area contributed by atoms with Crippen molar-refractivity contribution in [2.45, 2.75) is 24.7 Å². The fraction of sp³-hybridized carbons (Fsp3) is 0.211. The van der Waals surface area contributed by atoms with Crippen LogP contribution in [0.2, 0.25) is 0 Å². The third-order valence-electron chi connectivity index (χ3n) is 4.28. The smallest absolute Gasteiger partial charge is 0.367 e. The van der Waals surface area contributed by atoms with Gasteiger partial charge in [0, 0.05) is 10.5 Å². The monoisotopic (exact) mass is 376 g/mol. The van der Waals surface area contributed by atoms with Crippen molar-refractivity contribution >= 4 is 11.8 Å². The lowest BCUT2D eigenvalue weighted by molar-refractivity contribution is -0.531. The molecule has 2 aromatic rings. The Bertz CT molecular complexity index is 893. The summed E-state index contributed by atoms with van der Waals surface area (Å²) < 4.78 is 41.8. The van der Waals surface area contributed by atoms with Crippen molar-refractivity contribution in [3.63, 3.8) is 0 Å². The van der Waals surface area contributed by atoms with Crippen LogP contribution >= 0.6 is 0 Å². The summed E-state index contributed by atoms with van der Waals surface area (Å²) in [7, 11) is 0. The molecule has 0 N–H and O–H groups in total. The van der Waals surface area contributed by atoms with E-state index in [1.165, 1.54) is 12.1 Å². The highest BCUT2D eigenvalue weighted by Gasteiger charge is 2.71. The highest BCUT2D eigenvalue weighted by atomic mass is 19.4. The summed E-state index contributed by atoms with van der Waals surface area (Å²) in [6.45, 7) is 1.84. The maximum absolute atomic E-state index is 13.9. The molecule has 0 spiro atoms. The average molecular weight is 376 g/mol. The van der Waals surface area contributed by atoms with E-state index in [-0.39, 0.29) is 11.3 Å². The molecule has 5 nitrogen and oxygen atoms in total. The van der Waals surface area contributed by atoms with Crippen LogP contribution in [-0.2, 0) is 4.84 Å². The number of rotatable bonds is 4. The third-order valence-corrected chi connectivity index (χ3v) is 4.28. The van der Waals surface area contributed by atoms with Gasteiger partial charge < -0.3 is 4.84 Å². The molecule has 1 heterocycles. The summed E-state index contributed by atoms with van der Waals surface area (Å²) in [6, 6.07) is 12.1. The number of nitrogens with zero attached hydrogens (tertiary/aromatic N) is 2. The number of oxime groups is 1. The molecule has 0 bridgehead atoms. The topological polar surface area (TPSA) is 64.7 Å². The van der Waals surface area contributed by atoms with Crippen molar-refractivity contribution in [3.05, 3.63) is 87.5 Å². The van der Waals surface area contributed by atoms with Gasteiger partial charge in [0.05, 0.1) is 0 Å². The molecule has 0 aliphatic carbocycles. The molecule has 1 aliphatic rings. The Hall–Kier alpha value is -3.16. The summed E-state index contributed by atoms with van der Waals surface area (Å²) in [6.07, 6.45) is -3.22. The first-order chi connectivity index (χ1) is 12.7. The summed E-state index contributed by atoms with van der Waals surface area (Å²) in [5.74, 6) is 0. The van der Waals surface area contributed by atoms with E-state index in [0.717, 1.165) is 11.6 Å². The number of hydrogen-bond acceptors (Lipinski definition) is 4. The number of aryl methyl sites for hydroxylation is 1. The van der Waals surface area contributed by atoms with Crippen molar-refractivity contribution in [1.82, 2.24) is 0 Å². The Labute approximate surface area is 152 Å². The Morgan fingerprint density at radius 1 is 1.15 bits per heavy atom. The zero-order valence-electron chi connectivity index (χ0n) is 14.2. The van der Waals surface area contributed by atoms with Crippen LogP contribution in [0.25, 0.3) is 6.08 Å². The van der Waals surface area contributed by atoms with Crippen LogP contribution in [0.4, 0.5) is 13.2 Å². The summed E-state index contributed by atoms with van der Waals surface area (Å²) >= 11 is 0. The second-order valence-electron chi connectivity index (χ2n) is 6.16. The predicted octanol–water partition coefficient (Wildman–Crippen LogP) is 4.39. The van der Waals surface area contributed by atoms with Crippen molar-refractivity contribution < 1.29 is 22.9 Å². The molecule has 0 radical (unpaired) electrons. The molecule has 1 aliphatic heterocycles. The predicted molar refractivity (Wildman–Crippen MR) is 93.8 cm³/mol. The summed E-state index contributed by atoms with van der Waals surface area (Å²) in [5.41, 5.74) is -1.96. The zero-order chi connectivity index (χ0) is 19.7. The fourth-order valence-corrected chi connectivity index (χ4v) is 2.82. The van der Waals surface area contributed by atoms with Crippen LogP contribution < -0.4 is 0 Å². The van der Waals surface area contributed by atoms with Gasteiger partial charge in [-0.15, -0.1) is 0 Å². The van der Waals surface area contributed by atoms with Gasteiger partial charge in [-0.1, -0.05) is 71.4 Å². The number of hydrogen-bond donors (Lipinski definition) is 0. The van der Waals surface area contributed by atoms with Crippen molar-refractivity contribution in [2.75, 3.05) is 0 Å². The SMILES string of the molecule is Cc1ccc(/C=C/[C@]2(C(F)(F)F)ON=C(c3ccccc3)[C@@H]2[N+](=O)[O-])cc1. The first-order valence-electron chi connectivity index (χ1n) is 8.02. The van der Waals surface area contributed by atoms with Crippen LogP contribution in [0.15, 0.2) is 65.8 Å². The van der Waals surface area contributed by atoms with Gasteiger partial charge in [-0.25, -0.2) is 0 Å². The fourth-order valence-electron chi connectivity index (χ4n) is 2.82. The van der Waals surface area contributed by atoms with Crippen molar-refractivity contribution in [1.29, 1.82) is 0 Å². The van der Waals surface area contributed by atoms with Gasteiger partial charge >= 0.3 is 17.8 Å². The molecule has 0 fully saturated rings. The highest BCUT2D eigenvalue weighted by molar-refractivity contribution is 6.05. The maximum Gasteiger partial charge on any atom is 0.442 e. The van der Waals surface area contributed by atoms with Gasteiger partial charge in [-0.3, -0.25) is 10.1 Å². The van der Waals surface area contributed by atoms with Gasteiger partial charge in [0.2, 0.25) is 0 Å². The second-order valence-corrected chi connectivity index (χ2v) is 6.16. The molecule has 3 rings (SSSR count). The van der Waals surface area contributed by atoms with Crippen LogP contribution in [0, 0.1) is 17.0 Å². The van der Waals surface area contributed by atoms with E-state index < -0.39 is 22.7 Å². The first-order valence-corrected chi connectivity index (χ1v) is 8.02. The molecule has 140 valence electrons. The summed E-state index contributed by atoms with van der Waals surface area (Å²) in [4.78, 5) is 15.3. The number of nitro groups is 1. The largest absolute Gasteiger partial charge is 0.442 e. The van der Waals surface area contributed by atoms with E-state index in [9.17, 15) is 23.3 Å². The highest BCUT2D eigenvalue weighted by Crippen LogP contribution is 2.44. The molecule has 0 unspecified atom stereocenters. The molecule has 27 heavy (non-hydrogen) atoms. The van der Waals surface area contributed by atoms with Gasteiger partial charge in [0.15, 0.2) is 5.71 Å². The first kappa shape index (κ1) is 18.6. The molecule has 2 atom stereocenters. The lowest BCUT2D eigenvalue weighted by atomic mass is 9.87. The van der Waals surface area contributed by atoms with E-state index in [4.69, 9.17) is 4.84 Å². The lowest BCUT2D eigenvalue weighted by Gasteiger charge is -2.27. The Morgan fingerprint density at radius 3 is 2.33 bits per heavy atom. The van der Waals surface area contributed by atoms with E-state index in [1.54, 1.807) is 42.5 Å². The quantitative estimate of drug-likeness (QED) is 0.587. The van der Waals surface area contributed by atoms with E-state index in [2.05, 4.69) is 5.16 Å². The Morgan fingerprint density at radius 2 is 1.78 bits per heavy atom. The average Bonchev–Trinajstić information content (AvgIpc) is 3.03. The molecule has 2 aromatic carbocycles. The Balaban J connectivity index is 2.06. The van der Waals surface area contributed by atoms with Gasteiger partial charge in [0.1, 0.15) is 0 Å². The van der Waals surface area contributed by atoms with E-state index >= 15 is 0 Å². The van der Waals surface area contributed by atoms with Crippen LogP contribution in [0.3, 0.4) is 0 Å². The Kier molecular flexibility index (Phi) is 4.73. The lowest BCUT2D eigenvalue weighted by Crippen LogP contribution is -2.57. The van der Waals surface area contributed by atoms with Crippen LogP contribution in [0.5, 0.6) is 0 Å². The second kappa shape index (κ2) is 6.86. The third kappa shape index (κ3) is 3.42. The zero-order valence-corrected chi connectivity index (χ0v) is 14.2. The van der Waals surface area contributed by atoms with Crippen molar-refractivity contribution in [2.24, 2.45) is 5.16 Å². The van der Waals surface area contributed by atoms with Crippen LogP contribution in [-0.4, -0.2) is 28.5 Å². The molecule has 0 amide bonds. The molecule has 0 saturated carbocycles. The molecule has 0 saturated heterocycles. The van der Waals surface area contributed by atoms with Gasteiger partial charge in [-0.05, 0) is 18.6 Å². The molecule has 8 heteroatoms. The van der Waals surface area contributed by atoms with E-state index in [0.29, 0.717) is 11.6 Å². The van der Waals surface area contributed by atoms with Gasteiger partial charge in [-0.2, -0.15) is 13.2 Å². The normalized spacial score (nSPS) is 22.5. The molecule has 0 aromatic heterocycles. The number of alkyl halides is 3. The number of halogens is 3. The van der Waals surface area contributed by atoms with E-state index in [1.807, 2.05) is 6.92 Å². The standard InChI is InChI=1S/C19H15F3N2O3/c1-13-7-9-14(10-8-13)11-12-18(19(20,21)22)17(24(25)26)16(23-27-18)15-5-3-2-4-6-15/h2-12,17H,1H3/b12-11+/t17-,18-/m0/s1. The maximum atomic E-state index is 13.9. The minimum Gasteiger partial charge on any atom is -0.367 e.